The molecule has 1 nitrogen and oxygen atoms in total. The first-order valence-corrected chi connectivity index (χ1v) is 4.73. The number of benzene rings is 1. The van der Waals surface area contributed by atoms with Crippen molar-refractivity contribution in [3.8, 4) is 11.8 Å². The van der Waals surface area contributed by atoms with E-state index >= 15 is 0 Å². The number of aliphatic hydroxyl groups excluding tert-OH is 1. The normalized spacial score (nSPS) is 8.83. The molecule has 1 aromatic rings. The van der Waals surface area contributed by atoms with Crippen molar-refractivity contribution in [3.05, 3.63) is 35.4 Å². The summed E-state index contributed by atoms with van der Waals surface area (Å²) in [6.07, 6.45) is 0. The van der Waals surface area contributed by atoms with Gasteiger partial charge in [-0.25, -0.2) is 0 Å². The van der Waals surface area contributed by atoms with Gasteiger partial charge >= 0.3 is 0 Å². The van der Waals surface area contributed by atoms with E-state index in [1.807, 2.05) is 24.3 Å². The van der Waals surface area contributed by atoms with Gasteiger partial charge in [0.25, 0.3) is 0 Å². The van der Waals surface area contributed by atoms with E-state index in [1.165, 1.54) is 5.56 Å². The summed E-state index contributed by atoms with van der Waals surface area (Å²) in [5, 5.41) is 9.31. The zero-order chi connectivity index (χ0) is 8.81. The van der Waals surface area contributed by atoms with E-state index in [9.17, 15) is 0 Å². The molecular formula is C10H9BrO. The van der Waals surface area contributed by atoms with Gasteiger partial charge < -0.3 is 5.11 Å². The third-order valence-corrected chi connectivity index (χ3v) is 2.07. The highest BCUT2D eigenvalue weighted by Gasteiger charge is 1.88. The molecule has 0 atom stereocenters. The highest BCUT2D eigenvalue weighted by molar-refractivity contribution is 9.08. The van der Waals surface area contributed by atoms with Crippen LogP contribution >= 0.6 is 15.9 Å². The molecule has 0 unspecified atom stereocenters. The molecule has 0 aliphatic carbocycles. The van der Waals surface area contributed by atoms with Crippen LogP contribution in [0.1, 0.15) is 11.1 Å². The molecule has 0 aromatic heterocycles. The van der Waals surface area contributed by atoms with E-state index in [1.54, 1.807) is 0 Å². The highest BCUT2D eigenvalue weighted by Crippen LogP contribution is 2.06. The molecule has 1 N–H and O–H groups in total. The van der Waals surface area contributed by atoms with Crippen molar-refractivity contribution in [1.29, 1.82) is 0 Å². The number of hydrogen-bond acceptors (Lipinski definition) is 1. The Hall–Kier alpha value is -0.780. The van der Waals surface area contributed by atoms with E-state index < -0.39 is 0 Å². The van der Waals surface area contributed by atoms with Crippen molar-refractivity contribution < 1.29 is 5.11 Å². The fourth-order valence-electron chi connectivity index (χ4n) is 0.819. The summed E-state index contributed by atoms with van der Waals surface area (Å²) < 4.78 is 0. The number of aliphatic hydroxyl groups is 1. The van der Waals surface area contributed by atoms with E-state index in [4.69, 9.17) is 5.11 Å². The Kier molecular flexibility index (Phi) is 3.86. The quantitative estimate of drug-likeness (QED) is 0.571. The van der Waals surface area contributed by atoms with Gasteiger partial charge in [0, 0.05) is 10.9 Å². The number of rotatable bonds is 1. The lowest BCUT2D eigenvalue weighted by Crippen LogP contribution is -1.79. The van der Waals surface area contributed by atoms with Gasteiger partial charge in [-0.05, 0) is 17.7 Å². The molecular weight excluding hydrogens is 216 g/mol. The monoisotopic (exact) mass is 224 g/mol. The number of hydrogen-bond donors (Lipinski definition) is 1. The molecule has 0 fully saturated rings. The van der Waals surface area contributed by atoms with Crippen LogP contribution in [0.4, 0.5) is 0 Å². The molecule has 0 spiro atoms. The molecule has 12 heavy (non-hydrogen) atoms. The molecule has 0 aliphatic rings. The largest absolute Gasteiger partial charge is 0.384 e. The van der Waals surface area contributed by atoms with Gasteiger partial charge in [-0.3, -0.25) is 0 Å². The summed E-state index contributed by atoms with van der Waals surface area (Å²) in [5.74, 6) is 5.43. The molecule has 0 radical (unpaired) electrons. The Morgan fingerprint density at radius 3 is 2.42 bits per heavy atom. The zero-order valence-corrected chi connectivity index (χ0v) is 8.13. The van der Waals surface area contributed by atoms with Crippen molar-refractivity contribution in [1.82, 2.24) is 0 Å². The Morgan fingerprint density at radius 1 is 1.25 bits per heavy atom. The summed E-state index contributed by atoms with van der Waals surface area (Å²) >= 11 is 3.36. The minimum Gasteiger partial charge on any atom is -0.384 e. The standard InChI is InChI=1S/C10H9BrO/c11-8-10-5-3-9(4-6-10)2-1-7-12/h3-6,12H,7-8H2. The van der Waals surface area contributed by atoms with Gasteiger partial charge in [0.05, 0.1) is 0 Å². The molecule has 0 heterocycles. The van der Waals surface area contributed by atoms with Crippen molar-refractivity contribution in [3.63, 3.8) is 0 Å². The van der Waals surface area contributed by atoms with Crippen LogP contribution in [-0.2, 0) is 5.33 Å². The summed E-state index contributed by atoms with van der Waals surface area (Å²) in [5.41, 5.74) is 2.17. The van der Waals surface area contributed by atoms with E-state index in [2.05, 4.69) is 27.8 Å². The fourth-order valence-corrected chi connectivity index (χ4v) is 1.19. The summed E-state index contributed by atoms with van der Waals surface area (Å²) in [6, 6.07) is 7.91. The van der Waals surface area contributed by atoms with Gasteiger partial charge in [-0.15, -0.1) is 0 Å². The maximum Gasteiger partial charge on any atom is 0.104 e. The minimum atomic E-state index is -0.0831. The predicted molar refractivity (Wildman–Crippen MR) is 53.0 cm³/mol. The van der Waals surface area contributed by atoms with Crippen LogP contribution in [0.3, 0.4) is 0 Å². The van der Waals surface area contributed by atoms with E-state index in [0.717, 1.165) is 10.9 Å². The van der Waals surface area contributed by atoms with Gasteiger partial charge in [0.2, 0.25) is 0 Å². The lowest BCUT2D eigenvalue weighted by atomic mass is 10.2. The van der Waals surface area contributed by atoms with Gasteiger partial charge in [0.1, 0.15) is 6.61 Å². The third-order valence-electron chi connectivity index (χ3n) is 1.42. The van der Waals surface area contributed by atoms with Crippen molar-refractivity contribution in [2.45, 2.75) is 5.33 Å². The Bertz CT molecular complexity index is 292. The van der Waals surface area contributed by atoms with Gasteiger partial charge in [-0.2, -0.15) is 0 Å². The Balaban J connectivity index is 2.78. The first-order valence-electron chi connectivity index (χ1n) is 3.61. The maximum absolute atomic E-state index is 8.45. The summed E-state index contributed by atoms with van der Waals surface area (Å²) in [6.45, 7) is -0.0831. The maximum atomic E-state index is 8.45. The lowest BCUT2D eigenvalue weighted by molar-refractivity contribution is 0.350. The summed E-state index contributed by atoms with van der Waals surface area (Å²) in [7, 11) is 0. The van der Waals surface area contributed by atoms with Gasteiger partial charge in [-0.1, -0.05) is 39.9 Å². The number of alkyl halides is 1. The van der Waals surface area contributed by atoms with Crippen LogP contribution < -0.4 is 0 Å². The molecule has 0 saturated heterocycles. The average Bonchev–Trinajstić information content (AvgIpc) is 2.15. The first-order chi connectivity index (χ1) is 5.86. The topological polar surface area (TPSA) is 20.2 Å². The minimum absolute atomic E-state index is 0.0831. The highest BCUT2D eigenvalue weighted by atomic mass is 79.9. The molecule has 1 aromatic carbocycles. The lowest BCUT2D eigenvalue weighted by Gasteiger charge is -1.93. The Morgan fingerprint density at radius 2 is 1.92 bits per heavy atom. The SMILES string of the molecule is OCC#Cc1ccc(CBr)cc1. The molecule has 0 bridgehead atoms. The second kappa shape index (κ2) is 4.97. The van der Waals surface area contributed by atoms with Gasteiger partial charge in [0.15, 0.2) is 0 Å². The van der Waals surface area contributed by atoms with Crippen molar-refractivity contribution in [2.75, 3.05) is 6.61 Å². The second-order valence-electron chi connectivity index (χ2n) is 2.29. The fraction of sp³-hybridized carbons (Fsp3) is 0.200. The summed E-state index contributed by atoms with van der Waals surface area (Å²) in [4.78, 5) is 0. The predicted octanol–water partition coefficient (Wildman–Crippen LogP) is 1.93. The average molecular weight is 225 g/mol. The molecule has 0 aliphatic heterocycles. The molecule has 0 amide bonds. The smallest absolute Gasteiger partial charge is 0.104 e. The van der Waals surface area contributed by atoms with Crippen molar-refractivity contribution in [2.24, 2.45) is 0 Å². The van der Waals surface area contributed by atoms with Crippen LogP contribution in [0.15, 0.2) is 24.3 Å². The van der Waals surface area contributed by atoms with Crippen LogP contribution in [0, 0.1) is 11.8 Å². The van der Waals surface area contributed by atoms with E-state index in [-0.39, 0.29) is 6.61 Å². The van der Waals surface area contributed by atoms with Crippen LogP contribution in [0.5, 0.6) is 0 Å². The molecule has 0 saturated carbocycles. The zero-order valence-electron chi connectivity index (χ0n) is 6.55. The molecule has 1 rings (SSSR count). The second-order valence-corrected chi connectivity index (χ2v) is 2.85. The third kappa shape index (κ3) is 2.69. The number of halogens is 1. The molecule has 2 heteroatoms. The van der Waals surface area contributed by atoms with Crippen LogP contribution in [0.25, 0.3) is 0 Å². The Labute approximate surface area is 80.6 Å². The van der Waals surface area contributed by atoms with Crippen molar-refractivity contribution >= 4 is 15.9 Å². The first kappa shape index (κ1) is 9.31. The van der Waals surface area contributed by atoms with E-state index in [0.29, 0.717) is 0 Å². The molecule has 62 valence electrons. The van der Waals surface area contributed by atoms with Crippen LogP contribution in [-0.4, -0.2) is 11.7 Å². The van der Waals surface area contributed by atoms with Crippen LogP contribution in [0.2, 0.25) is 0 Å².